The van der Waals surface area contributed by atoms with Crippen molar-refractivity contribution >= 4 is 5.69 Å². The van der Waals surface area contributed by atoms with Crippen LogP contribution in [0.3, 0.4) is 0 Å². The van der Waals surface area contributed by atoms with E-state index in [0.29, 0.717) is 12.1 Å². The Hall–Kier alpha value is -3.35. The molecular formula is C17H15N3O4. The van der Waals surface area contributed by atoms with E-state index in [-0.39, 0.29) is 23.8 Å². The molecule has 0 atom stereocenters. The van der Waals surface area contributed by atoms with Gasteiger partial charge in [-0.3, -0.25) is 19.2 Å². The lowest BCUT2D eigenvalue weighted by molar-refractivity contribution is -0.384. The van der Waals surface area contributed by atoms with Gasteiger partial charge in [-0.2, -0.15) is 0 Å². The third-order valence-electron chi connectivity index (χ3n) is 3.71. The summed E-state index contributed by atoms with van der Waals surface area (Å²) in [4.78, 5) is 22.6. The van der Waals surface area contributed by atoms with Crippen LogP contribution < -0.4 is 5.69 Å². The van der Waals surface area contributed by atoms with Gasteiger partial charge in [0.25, 0.3) is 5.69 Å². The minimum atomic E-state index is -0.482. The highest BCUT2D eigenvalue weighted by Crippen LogP contribution is 2.15. The van der Waals surface area contributed by atoms with Gasteiger partial charge in [-0.15, -0.1) is 0 Å². The van der Waals surface area contributed by atoms with Gasteiger partial charge in [0.05, 0.1) is 24.2 Å². The molecule has 0 saturated heterocycles. The summed E-state index contributed by atoms with van der Waals surface area (Å²) in [5.41, 5.74) is 1.29. The maximum atomic E-state index is 12.4. The Bertz CT molecular complexity index is 911. The van der Waals surface area contributed by atoms with Crippen LogP contribution >= 0.6 is 0 Å². The minimum absolute atomic E-state index is 0.0167. The van der Waals surface area contributed by atoms with Crippen molar-refractivity contribution in [3.8, 4) is 5.88 Å². The van der Waals surface area contributed by atoms with Crippen LogP contribution in [0.15, 0.2) is 65.6 Å². The zero-order valence-corrected chi connectivity index (χ0v) is 12.7. The second-order valence-electron chi connectivity index (χ2n) is 5.39. The molecule has 122 valence electrons. The van der Waals surface area contributed by atoms with Crippen LogP contribution in [0.25, 0.3) is 0 Å². The number of rotatable bonds is 5. The number of aromatic nitrogens is 2. The first kappa shape index (κ1) is 15.5. The van der Waals surface area contributed by atoms with Gasteiger partial charge in [0.1, 0.15) is 0 Å². The van der Waals surface area contributed by atoms with Crippen molar-refractivity contribution in [3.05, 3.63) is 92.5 Å². The van der Waals surface area contributed by atoms with Gasteiger partial charge in [-0.25, -0.2) is 4.79 Å². The molecule has 0 aliphatic rings. The molecule has 7 nitrogen and oxygen atoms in total. The first-order chi connectivity index (χ1) is 11.5. The molecule has 0 unspecified atom stereocenters. The van der Waals surface area contributed by atoms with E-state index in [1.807, 2.05) is 30.3 Å². The fourth-order valence-corrected chi connectivity index (χ4v) is 2.47. The lowest BCUT2D eigenvalue weighted by Gasteiger charge is -2.04. The van der Waals surface area contributed by atoms with E-state index in [9.17, 15) is 20.0 Å². The molecule has 0 bridgehead atoms. The van der Waals surface area contributed by atoms with Gasteiger partial charge in [-0.1, -0.05) is 42.5 Å². The van der Waals surface area contributed by atoms with Crippen LogP contribution in [0, 0.1) is 10.1 Å². The van der Waals surface area contributed by atoms with Crippen molar-refractivity contribution in [1.29, 1.82) is 0 Å². The summed E-state index contributed by atoms with van der Waals surface area (Å²) in [6.45, 7) is 0.505. The van der Waals surface area contributed by atoms with Gasteiger partial charge < -0.3 is 5.11 Å². The Morgan fingerprint density at radius 1 is 0.958 bits per heavy atom. The van der Waals surface area contributed by atoms with Gasteiger partial charge in [0.15, 0.2) is 0 Å². The predicted octanol–water partition coefficient (Wildman–Crippen LogP) is 2.36. The highest BCUT2D eigenvalue weighted by molar-refractivity contribution is 5.33. The van der Waals surface area contributed by atoms with Crippen molar-refractivity contribution in [1.82, 2.24) is 9.13 Å². The molecule has 0 fully saturated rings. The topological polar surface area (TPSA) is 90.3 Å². The third-order valence-corrected chi connectivity index (χ3v) is 3.71. The number of non-ortho nitro benzene ring substituents is 1. The Balaban J connectivity index is 1.84. The SMILES string of the molecule is O=c1n(Cc2ccccc2)cc(O)n1Cc1ccc([N+](=O)[O-])cc1. The molecule has 1 aromatic heterocycles. The van der Waals surface area contributed by atoms with Crippen molar-refractivity contribution in [3.63, 3.8) is 0 Å². The van der Waals surface area contributed by atoms with Crippen LogP contribution in [-0.2, 0) is 13.1 Å². The fraction of sp³-hybridized carbons (Fsp3) is 0.118. The zero-order chi connectivity index (χ0) is 17.1. The second-order valence-corrected chi connectivity index (χ2v) is 5.39. The molecule has 3 aromatic rings. The number of imidazole rings is 1. The van der Waals surface area contributed by atoms with Crippen LogP contribution in [0.5, 0.6) is 5.88 Å². The Morgan fingerprint density at radius 3 is 2.21 bits per heavy atom. The number of benzene rings is 2. The maximum absolute atomic E-state index is 12.4. The largest absolute Gasteiger partial charge is 0.493 e. The molecule has 0 spiro atoms. The Morgan fingerprint density at radius 2 is 1.58 bits per heavy atom. The summed E-state index contributed by atoms with van der Waals surface area (Å²) in [5.74, 6) is -0.144. The number of aromatic hydroxyl groups is 1. The summed E-state index contributed by atoms with van der Waals surface area (Å²) in [6.07, 6.45) is 1.39. The summed E-state index contributed by atoms with van der Waals surface area (Å²) < 4.78 is 2.65. The summed E-state index contributed by atoms with van der Waals surface area (Å²) in [6, 6.07) is 15.3. The normalized spacial score (nSPS) is 10.7. The lowest BCUT2D eigenvalue weighted by Crippen LogP contribution is -2.25. The number of nitro groups is 1. The van der Waals surface area contributed by atoms with Crippen LogP contribution in [0.4, 0.5) is 5.69 Å². The van der Waals surface area contributed by atoms with Crippen molar-refractivity contribution < 1.29 is 10.0 Å². The molecular weight excluding hydrogens is 310 g/mol. The van der Waals surface area contributed by atoms with E-state index in [4.69, 9.17) is 0 Å². The van der Waals surface area contributed by atoms with Crippen molar-refractivity contribution in [2.24, 2.45) is 0 Å². The highest BCUT2D eigenvalue weighted by atomic mass is 16.6. The summed E-state index contributed by atoms with van der Waals surface area (Å²) >= 11 is 0. The third kappa shape index (κ3) is 3.19. The van der Waals surface area contributed by atoms with Crippen LogP contribution in [-0.4, -0.2) is 19.2 Å². The molecule has 0 amide bonds. The molecule has 0 saturated carbocycles. The lowest BCUT2D eigenvalue weighted by atomic mass is 10.2. The van der Waals surface area contributed by atoms with Gasteiger partial charge in [0.2, 0.25) is 5.88 Å². The first-order valence-corrected chi connectivity index (χ1v) is 7.31. The number of nitrogens with zero attached hydrogens (tertiary/aromatic N) is 3. The highest BCUT2D eigenvalue weighted by Gasteiger charge is 2.12. The predicted molar refractivity (Wildman–Crippen MR) is 88.1 cm³/mol. The quantitative estimate of drug-likeness (QED) is 0.576. The molecule has 1 N–H and O–H groups in total. The maximum Gasteiger partial charge on any atom is 0.331 e. The monoisotopic (exact) mass is 325 g/mol. The Labute approximate surface area is 137 Å². The van der Waals surface area contributed by atoms with Crippen molar-refractivity contribution in [2.45, 2.75) is 13.1 Å². The van der Waals surface area contributed by atoms with Gasteiger partial charge in [0, 0.05) is 12.1 Å². The summed E-state index contributed by atoms with van der Waals surface area (Å²) in [7, 11) is 0. The van der Waals surface area contributed by atoms with Gasteiger partial charge >= 0.3 is 5.69 Å². The second kappa shape index (κ2) is 6.41. The van der Waals surface area contributed by atoms with Crippen molar-refractivity contribution in [2.75, 3.05) is 0 Å². The molecule has 0 radical (unpaired) electrons. The van der Waals surface area contributed by atoms with Gasteiger partial charge in [-0.05, 0) is 11.1 Å². The molecule has 3 rings (SSSR count). The van der Waals surface area contributed by atoms with Crippen LogP contribution in [0.2, 0.25) is 0 Å². The number of hydrogen-bond donors (Lipinski definition) is 1. The molecule has 1 heterocycles. The average Bonchev–Trinajstić information content (AvgIpc) is 2.84. The van der Waals surface area contributed by atoms with E-state index in [1.165, 1.54) is 27.5 Å². The number of hydrogen-bond acceptors (Lipinski definition) is 4. The smallest absolute Gasteiger partial charge is 0.331 e. The standard InChI is InChI=1S/C17H15N3O4/c21-16-12-18(10-13-4-2-1-3-5-13)17(22)19(16)11-14-6-8-15(9-7-14)20(23)24/h1-9,12,21H,10-11H2. The van der Waals surface area contributed by atoms with E-state index < -0.39 is 4.92 Å². The van der Waals surface area contributed by atoms with Crippen LogP contribution in [0.1, 0.15) is 11.1 Å². The van der Waals surface area contributed by atoms with E-state index in [1.54, 1.807) is 12.1 Å². The molecule has 24 heavy (non-hydrogen) atoms. The molecule has 7 heteroatoms. The molecule has 0 aliphatic carbocycles. The number of nitro benzene ring substituents is 1. The fourth-order valence-electron chi connectivity index (χ4n) is 2.47. The van der Waals surface area contributed by atoms with E-state index >= 15 is 0 Å². The minimum Gasteiger partial charge on any atom is -0.493 e. The Kier molecular flexibility index (Phi) is 4.15. The molecule has 2 aromatic carbocycles. The average molecular weight is 325 g/mol. The zero-order valence-electron chi connectivity index (χ0n) is 12.7. The van der Waals surface area contributed by atoms with E-state index in [2.05, 4.69) is 0 Å². The molecule has 0 aliphatic heterocycles. The van der Waals surface area contributed by atoms with E-state index in [0.717, 1.165) is 5.56 Å². The first-order valence-electron chi connectivity index (χ1n) is 7.31. The summed E-state index contributed by atoms with van der Waals surface area (Å²) in [5, 5.41) is 20.7.